The highest BCUT2D eigenvalue weighted by Crippen LogP contribution is 2.02. The Kier molecular flexibility index (Phi) is 3.60. The maximum Gasteiger partial charge on any atom is 0.200 e. The van der Waals surface area contributed by atoms with Crippen molar-refractivity contribution in [3.8, 4) is 0 Å². The average molecular weight is 221 g/mol. The SMILES string of the molecule is CCNCCCNc1ccc2nnnn2n1. The van der Waals surface area contributed by atoms with Gasteiger partial charge in [0, 0.05) is 6.54 Å². The minimum Gasteiger partial charge on any atom is -0.369 e. The first-order chi connectivity index (χ1) is 7.90. The smallest absolute Gasteiger partial charge is 0.200 e. The summed E-state index contributed by atoms with van der Waals surface area (Å²) < 4.78 is 1.41. The first-order valence-corrected chi connectivity index (χ1v) is 5.40. The Hall–Kier alpha value is -1.76. The second kappa shape index (κ2) is 5.36. The second-order valence-electron chi connectivity index (χ2n) is 3.38. The first kappa shape index (κ1) is 10.7. The zero-order valence-corrected chi connectivity index (χ0v) is 9.22. The molecule has 2 aromatic rings. The maximum atomic E-state index is 4.20. The summed E-state index contributed by atoms with van der Waals surface area (Å²) in [6.45, 7) is 5.00. The van der Waals surface area contributed by atoms with Crippen molar-refractivity contribution in [2.24, 2.45) is 0 Å². The molecule has 0 aliphatic carbocycles. The normalized spacial score (nSPS) is 10.8. The fraction of sp³-hybridized carbons (Fsp3) is 0.556. The highest BCUT2D eigenvalue weighted by Gasteiger charge is 1.99. The number of nitrogens with one attached hydrogen (secondary N) is 2. The third-order valence-corrected chi connectivity index (χ3v) is 2.16. The van der Waals surface area contributed by atoms with E-state index in [1.807, 2.05) is 12.1 Å². The van der Waals surface area contributed by atoms with E-state index < -0.39 is 0 Å². The molecule has 7 heteroatoms. The Balaban J connectivity index is 1.84. The molecule has 2 heterocycles. The minimum absolute atomic E-state index is 0.651. The van der Waals surface area contributed by atoms with Crippen molar-refractivity contribution in [2.45, 2.75) is 13.3 Å². The molecular formula is C9H15N7. The summed E-state index contributed by atoms with van der Waals surface area (Å²) in [5.41, 5.74) is 0.651. The molecule has 0 saturated heterocycles. The Bertz CT molecular complexity index is 438. The highest BCUT2D eigenvalue weighted by atomic mass is 15.6. The molecule has 0 aliphatic heterocycles. The van der Waals surface area contributed by atoms with Crippen molar-refractivity contribution in [1.29, 1.82) is 0 Å². The van der Waals surface area contributed by atoms with Gasteiger partial charge < -0.3 is 10.6 Å². The van der Waals surface area contributed by atoms with Crippen LogP contribution < -0.4 is 10.6 Å². The molecular weight excluding hydrogens is 206 g/mol. The van der Waals surface area contributed by atoms with Crippen LogP contribution in [0, 0.1) is 0 Å². The van der Waals surface area contributed by atoms with Crippen molar-refractivity contribution in [3.05, 3.63) is 12.1 Å². The van der Waals surface area contributed by atoms with Gasteiger partial charge in [-0.15, -0.1) is 14.8 Å². The number of fused-ring (bicyclic) bond motifs is 1. The molecule has 0 bridgehead atoms. The molecule has 0 spiro atoms. The topological polar surface area (TPSA) is 80.0 Å². The lowest BCUT2D eigenvalue weighted by Crippen LogP contribution is -2.17. The monoisotopic (exact) mass is 221 g/mol. The number of aromatic nitrogens is 5. The predicted octanol–water partition coefficient (Wildman–Crippen LogP) is -0.0692. The molecule has 0 unspecified atom stereocenters. The van der Waals surface area contributed by atoms with E-state index in [0.717, 1.165) is 31.9 Å². The highest BCUT2D eigenvalue weighted by molar-refractivity contribution is 5.41. The van der Waals surface area contributed by atoms with E-state index in [1.165, 1.54) is 4.63 Å². The van der Waals surface area contributed by atoms with Crippen molar-refractivity contribution in [3.63, 3.8) is 0 Å². The Morgan fingerprint density at radius 2 is 2.25 bits per heavy atom. The summed E-state index contributed by atoms with van der Waals surface area (Å²) in [4.78, 5) is 0. The Labute approximate surface area is 93.2 Å². The minimum atomic E-state index is 0.651. The summed E-state index contributed by atoms with van der Waals surface area (Å²) in [5.74, 6) is 0.788. The van der Waals surface area contributed by atoms with Gasteiger partial charge in [0.15, 0.2) is 5.65 Å². The summed E-state index contributed by atoms with van der Waals surface area (Å²) in [6, 6.07) is 3.71. The molecule has 0 aromatic carbocycles. The number of hydrogen-bond donors (Lipinski definition) is 2. The first-order valence-electron chi connectivity index (χ1n) is 5.40. The number of rotatable bonds is 6. The van der Waals surface area contributed by atoms with Gasteiger partial charge in [-0.25, -0.2) is 0 Å². The van der Waals surface area contributed by atoms with Crippen LogP contribution in [0.4, 0.5) is 5.82 Å². The van der Waals surface area contributed by atoms with Crippen molar-refractivity contribution >= 4 is 11.5 Å². The van der Waals surface area contributed by atoms with Gasteiger partial charge >= 0.3 is 0 Å². The van der Waals surface area contributed by atoms with E-state index in [1.54, 1.807) is 0 Å². The van der Waals surface area contributed by atoms with Gasteiger partial charge in [0.1, 0.15) is 5.82 Å². The molecule has 0 saturated carbocycles. The van der Waals surface area contributed by atoms with E-state index in [4.69, 9.17) is 0 Å². The molecule has 86 valence electrons. The van der Waals surface area contributed by atoms with Gasteiger partial charge in [0.05, 0.1) is 0 Å². The number of hydrogen-bond acceptors (Lipinski definition) is 6. The fourth-order valence-corrected chi connectivity index (χ4v) is 1.35. The fourth-order valence-electron chi connectivity index (χ4n) is 1.35. The van der Waals surface area contributed by atoms with Crippen LogP contribution in [-0.4, -0.2) is 44.9 Å². The zero-order valence-electron chi connectivity index (χ0n) is 9.22. The van der Waals surface area contributed by atoms with E-state index >= 15 is 0 Å². The lowest BCUT2D eigenvalue weighted by atomic mass is 10.4. The maximum absolute atomic E-state index is 4.20. The van der Waals surface area contributed by atoms with Crippen LogP contribution in [0.2, 0.25) is 0 Å². The quantitative estimate of drug-likeness (QED) is 0.665. The van der Waals surface area contributed by atoms with Crippen molar-refractivity contribution in [2.75, 3.05) is 25.0 Å². The second-order valence-corrected chi connectivity index (χ2v) is 3.38. The predicted molar refractivity (Wildman–Crippen MR) is 60.2 cm³/mol. The summed E-state index contributed by atoms with van der Waals surface area (Å²) >= 11 is 0. The summed E-state index contributed by atoms with van der Waals surface area (Å²) in [5, 5.41) is 21.7. The van der Waals surface area contributed by atoms with Crippen molar-refractivity contribution in [1.82, 2.24) is 30.6 Å². The largest absolute Gasteiger partial charge is 0.369 e. The molecule has 2 N–H and O–H groups in total. The lowest BCUT2D eigenvalue weighted by molar-refractivity contribution is 0.684. The van der Waals surface area contributed by atoms with Crippen LogP contribution in [0.1, 0.15) is 13.3 Å². The number of anilines is 1. The molecule has 2 aromatic heterocycles. The van der Waals surface area contributed by atoms with Crippen LogP contribution in [0.3, 0.4) is 0 Å². The van der Waals surface area contributed by atoms with Gasteiger partial charge in [-0.2, -0.15) is 0 Å². The summed E-state index contributed by atoms with van der Waals surface area (Å²) in [6.07, 6.45) is 1.06. The lowest BCUT2D eigenvalue weighted by Gasteiger charge is -2.04. The third-order valence-electron chi connectivity index (χ3n) is 2.16. The van der Waals surface area contributed by atoms with Gasteiger partial charge in [0.2, 0.25) is 0 Å². The molecule has 0 atom stereocenters. The van der Waals surface area contributed by atoms with E-state index in [-0.39, 0.29) is 0 Å². The van der Waals surface area contributed by atoms with Crippen LogP contribution in [0.15, 0.2) is 12.1 Å². The standard InChI is InChI=1S/C9H15N7/c1-2-10-6-3-7-11-8-4-5-9-12-14-15-16(9)13-8/h4-5,10H,2-3,6-7H2,1H3,(H,11,13). The Morgan fingerprint density at radius 1 is 1.31 bits per heavy atom. The van der Waals surface area contributed by atoms with Crippen LogP contribution in [-0.2, 0) is 0 Å². The van der Waals surface area contributed by atoms with Crippen LogP contribution in [0.25, 0.3) is 5.65 Å². The van der Waals surface area contributed by atoms with Gasteiger partial charge in [0.25, 0.3) is 0 Å². The Morgan fingerprint density at radius 3 is 3.12 bits per heavy atom. The van der Waals surface area contributed by atoms with E-state index in [9.17, 15) is 0 Å². The zero-order chi connectivity index (χ0) is 11.2. The van der Waals surface area contributed by atoms with Crippen LogP contribution in [0.5, 0.6) is 0 Å². The van der Waals surface area contributed by atoms with Crippen LogP contribution >= 0.6 is 0 Å². The van der Waals surface area contributed by atoms with Crippen molar-refractivity contribution < 1.29 is 0 Å². The average Bonchev–Trinajstić information content (AvgIpc) is 2.76. The molecule has 0 fully saturated rings. The summed E-state index contributed by atoms with van der Waals surface area (Å²) in [7, 11) is 0. The van der Waals surface area contributed by atoms with Gasteiger partial charge in [-0.1, -0.05) is 6.92 Å². The molecule has 0 radical (unpaired) electrons. The van der Waals surface area contributed by atoms with E-state index in [0.29, 0.717) is 5.65 Å². The molecule has 2 rings (SSSR count). The third kappa shape index (κ3) is 2.63. The number of nitrogens with zero attached hydrogens (tertiary/aromatic N) is 5. The molecule has 0 aliphatic rings. The van der Waals surface area contributed by atoms with Gasteiger partial charge in [-0.05, 0) is 42.1 Å². The van der Waals surface area contributed by atoms with E-state index in [2.05, 4.69) is 38.2 Å². The molecule has 16 heavy (non-hydrogen) atoms. The molecule has 7 nitrogen and oxygen atoms in total. The number of tetrazole rings is 1. The van der Waals surface area contributed by atoms with Gasteiger partial charge in [-0.3, -0.25) is 0 Å². The molecule has 0 amide bonds.